The number of ether oxygens (including phenoxy) is 1. The molecule has 0 amide bonds. The number of piperidine rings is 1. The van der Waals surface area contributed by atoms with Gasteiger partial charge in [-0.3, -0.25) is 4.31 Å². The molecule has 0 radical (unpaired) electrons. The summed E-state index contributed by atoms with van der Waals surface area (Å²) in [7, 11) is -6.02. The van der Waals surface area contributed by atoms with E-state index in [1.807, 2.05) is 13.8 Å². The van der Waals surface area contributed by atoms with Gasteiger partial charge in [0, 0.05) is 19.1 Å². The average Bonchev–Trinajstić information content (AvgIpc) is 3.10. The molecule has 0 spiro atoms. The number of hydrogen-bond acceptors (Lipinski definition) is 5. The van der Waals surface area contributed by atoms with Crippen molar-refractivity contribution in [1.29, 1.82) is 0 Å². The number of sulfonamides is 2. The van der Waals surface area contributed by atoms with Crippen LogP contribution < -0.4 is 9.04 Å². The fourth-order valence-electron chi connectivity index (χ4n) is 4.45. The van der Waals surface area contributed by atoms with Crippen molar-refractivity contribution in [2.24, 2.45) is 0 Å². The van der Waals surface area contributed by atoms with Crippen LogP contribution in [0.5, 0.6) is 5.75 Å². The zero-order valence-corrected chi connectivity index (χ0v) is 19.7. The largest absolute Gasteiger partial charge is 0.495 e. The third-order valence-corrected chi connectivity index (χ3v) is 9.86. The summed E-state index contributed by atoms with van der Waals surface area (Å²) in [4.78, 5) is 0.340. The highest BCUT2D eigenvalue weighted by atomic mass is 32.2. The summed E-state index contributed by atoms with van der Waals surface area (Å²) in [6.07, 6.45) is 3.23. The standard InChI is InChI=1S/C22H28N2O5S2/c1-16-7-10-21(29-3)22(13-16)31(27,28)24-17(2)14-18-15-19(8-9-20(18)24)30(25,26)23-11-5-4-6-12-23/h7-10,13,15,17H,4-6,11-12,14H2,1-3H3/t17-/m1/s1. The molecule has 1 atom stereocenters. The molecule has 9 heteroatoms. The Balaban J connectivity index is 1.74. The first kappa shape index (κ1) is 22.1. The number of aryl methyl sites for hydroxylation is 1. The van der Waals surface area contributed by atoms with Crippen LogP contribution in [-0.2, 0) is 26.5 Å². The number of nitrogens with zero attached hydrogens (tertiary/aromatic N) is 2. The lowest BCUT2D eigenvalue weighted by Crippen LogP contribution is -2.36. The molecule has 2 aliphatic heterocycles. The summed E-state index contributed by atoms with van der Waals surface area (Å²) in [5, 5.41) is 0. The Morgan fingerprint density at radius 2 is 1.65 bits per heavy atom. The van der Waals surface area contributed by atoms with Gasteiger partial charge in [-0.05, 0) is 74.6 Å². The third-order valence-electron chi connectivity index (χ3n) is 6.01. The zero-order chi connectivity index (χ0) is 22.4. The first-order valence-electron chi connectivity index (χ1n) is 10.5. The lowest BCUT2D eigenvalue weighted by atomic mass is 10.1. The average molecular weight is 465 g/mol. The Morgan fingerprint density at radius 1 is 0.935 bits per heavy atom. The minimum atomic E-state index is -3.89. The van der Waals surface area contributed by atoms with Gasteiger partial charge in [0.2, 0.25) is 10.0 Å². The van der Waals surface area contributed by atoms with Gasteiger partial charge in [0.1, 0.15) is 10.6 Å². The maximum absolute atomic E-state index is 13.6. The molecule has 0 bridgehead atoms. The Labute approximate surface area is 184 Å². The number of fused-ring (bicyclic) bond motifs is 1. The minimum absolute atomic E-state index is 0.111. The van der Waals surface area contributed by atoms with E-state index in [9.17, 15) is 16.8 Å². The maximum Gasteiger partial charge on any atom is 0.268 e. The monoisotopic (exact) mass is 464 g/mol. The van der Waals surface area contributed by atoms with E-state index < -0.39 is 20.0 Å². The number of methoxy groups -OCH3 is 1. The van der Waals surface area contributed by atoms with Crippen molar-refractivity contribution in [3.05, 3.63) is 47.5 Å². The first-order valence-corrected chi connectivity index (χ1v) is 13.4. The van der Waals surface area contributed by atoms with Crippen molar-refractivity contribution in [1.82, 2.24) is 4.31 Å². The van der Waals surface area contributed by atoms with E-state index in [0.717, 1.165) is 30.4 Å². The molecule has 0 saturated carbocycles. The molecule has 168 valence electrons. The fraction of sp³-hybridized carbons (Fsp3) is 0.455. The summed E-state index contributed by atoms with van der Waals surface area (Å²) in [6, 6.07) is 9.51. The summed E-state index contributed by atoms with van der Waals surface area (Å²) in [5.41, 5.74) is 2.06. The van der Waals surface area contributed by atoms with Gasteiger partial charge >= 0.3 is 0 Å². The molecular formula is C22H28N2O5S2. The van der Waals surface area contributed by atoms with Crippen LogP contribution in [0.2, 0.25) is 0 Å². The van der Waals surface area contributed by atoms with Gasteiger partial charge < -0.3 is 4.74 Å². The highest BCUT2D eigenvalue weighted by Gasteiger charge is 2.38. The number of rotatable bonds is 5. The topological polar surface area (TPSA) is 84.0 Å². The van der Waals surface area contributed by atoms with Crippen LogP contribution in [0.1, 0.15) is 37.3 Å². The van der Waals surface area contributed by atoms with Gasteiger partial charge in [-0.1, -0.05) is 12.5 Å². The summed E-state index contributed by atoms with van der Waals surface area (Å²) in [5.74, 6) is 0.288. The second-order valence-corrected chi connectivity index (χ2v) is 12.0. The zero-order valence-electron chi connectivity index (χ0n) is 18.0. The highest BCUT2D eigenvalue weighted by Crippen LogP contribution is 2.40. The number of benzene rings is 2. The SMILES string of the molecule is COc1ccc(C)cc1S(=O)(=O)N1c2ccc(S(=O)(=O)N3CCCCC3)cc2C[C@H]1C. The molecule has 0 unspecified atom stereocenters. The maximum atomic E-state index is 13.6. The van der Waals surface area contributed by atoms with E-state index >= 15 is 0 Å². The van der Waals surface area contributed by atoms with Crippen LogP contribution in [0.15, 0.2) is 46.2 Å². The van der Waals surface area contributed by atoms with Gasteiger partial charge in [0.15, 0.2) is 0 Å². The molecule has 4 rings (SSSR count). The van der Waals surface area contributed by atoms with Crippen LogP contribution in [0.3, 0.4) is 0 Å². The predicted octanol–water partition coefficient (Wildman–Crippen LogP) is 3.32. The van der Waals surface area contributed by atoms with E-state index in [4.69, 9.17) is 4.74 Å². The van der Waals surface area contributed by atoms with Gasteiger partial charge in [0.25, 0.3) is 10.0 Å². The van der Waals surface area contributed by atoms with Crippen molar-refractivity contribution in [2.45, 2.75) is 55.4 Å². The Morgan fingerprint density at radius 3 is 2.32 bits per heavy atom. The molecule has 2 aromatic rings. The van der Waals surface area contributed by atoms with Gasteiger partial charge in [-0.2, -0.15) is 4.31 Å². The molecular weight excluding hydrogens is 436 g/mol. The van der Waals surface area contributed by atoms with Gasteiger partial charge in [-0.25, -0.2) is 16.8 Å². The minimum Gasteiger partial charge on any atom is -0.495 e. The smallest absolute Gasteiger partial charge is 0.268 e. The second-order valence-electron chi connectivity index (χ2n) is 8.26. The van der Waals surface area contributed by atoms with E-state index in [-0.39, 0.29) is 21.6 Å². The lowest BCUT2D eigenvalue weighted by Gasteiger charge is -2.27. The molecule has 31 heavy (non-hydrogen) atoms. The second kappa shape index (κ2) is 8.11. The van der Waals surface area contributed by atoms with Gasteiger partial charge in [0.05, 0.1) is 17.7 Å². The van der Waals surface area contributed by atoms with Crippen LogP contribution in [0.4, 0.5) is 5.69 Å². The molecule has 1 fully saturated rings. The van der Waals surface area contributed by atoms with Crippen LogP contribution in [0.25, 0.3) is 0 Å². The lowest BCUT2D eigenvalue weighted by molar-refractivity contribution is 0.346. The Hall–Kier alpha value is -2.10. The van der Waals surface area contributed by atoms with E-state index in [2.05, 4.69) is 0 Å². The molecule has 7 nitrogen and oxygen atoms in total. The van der Waals surface area contributed by atoms with Crippen LogP contribution in [0, 0.1) is 6.92 Å². The molecule has 1 saturated heterocycles. The molecule has 0 aliphatic carbocycles. The highest BCUT2D eigenvalue weighted by molar-refractivity contribution is 7.93. The molecule has 0 N–H and O–H groups in total. The molecule has 2 aromatic carbocycles. The Kier molecular flexibility index (Phi) is 5.78. The van der Waals surface area contributed by atoms with Crippen molar-refractivity contribution in [2.75, 3.05) is 24.5 Å². The van der Waals surface area contributed by atoms with Crippen molar-refractivity contribution in [3.8, 4) is 5.75 Å². The normalized spacial score (nSPS) is 20.0. The molecule has 0 aromatic heterocycles. The number of anilines is 1. The van der Waals surface area contributed by atoms with Crippen molar-refractivity contribution < 1.29 is 21.6 Å². The summed E-state index contributed by atoms with van der Waals surface area (Å²) < 4.78 is 61.5. The molecule has 2 heterocycles. The third kappa shape index (κ3) is 3.83. The van der Waals surface area contributed by atoms with E-state index in [1.165, 1.54) is 21.8 Å². The summed E-state index contributed by atoms with van der Waals surface area (Å²) in [6.45, 7) is 4.73. The van der Waals surface area contributed by atoms with Crippen LogP contribution in [-0.4, -0.2) is 47.4 Å². The fourth-order valence-corrected chi connectivity index (χ4v) is 7.96. The van der Waals surface area contributed by atoms with Crippen LogP contribution >= 0.6 is 0 Å². The van der Waals surface area contributed by atoms with E-state index in [0.29, 0.717) is 25.2 Å². The van der Waals surface area contributed by atoms with Gasteiger partial charge in [-0.15, -0.1) is 0 Å². The Bertz CT molecular complexity index is 1200. The molecule has 2 aliphatic rings. The van der Waals surface area contributed by atoms with E-state index in [1.54, 1.807) is 30.3 Å². The number of hydrogen-bond donors (Lipinski definition) is 0. The summed E-state index contributed by atoms with van der Waals surface area (Å²) >= 11 is 0. The predicted molar refractivity (Wildman–Crippen MR) is 120 cm³/mol. The first-order chi connectivity index (χ1) is 14.7. The van der Waals surface area contributed by atoms with Crippen molar-refractivity contribution in [3.63, 3.8) is 0 Å². The van der Waals surface area contributed by atoms with Crippen molar-refractivity contribution >= 4 is 25.7 Å². The quantitative estimate of drug-likeness (QED) is 0.678.